The zero-order valence-electron chi connectivity index (χ0n) is 12.9. The summed E-state index contributed by atoms with van der Waals surface area (Å²) in [5.41, 5.74) is 4.90. The highest BCUT2D eigenvalue weighted by molar-refractivity contribution is 7.18. The lowest BCUT2D eigenvalue weighted by atomic mass is 9.77. The minimum Gasteiger partial charge on any atom is -0.378 e. The Hall–Kier alpha value is -1.71. The lowest BCUT2D eigenvalue weighted by Gasteiger charge is -2.34. The predicted octanol–water partition coefficient (Wildman–Crippen LogP) is 4.49. The predicted molar refractivity (Wildman–Crippen MR) is 91.5 cm³/mol. The van der Waals surface area contributed by atoms with Crippen LogP contribution in [0.25, 0.3) is 10.2 Å². The first-order valence-corrected chi connectivity index (χ1v) is 8.58. The van der Waals surface area contributed by atoms with E-state index in [9.17, 15) is 5.11 Å². The van der Waals surface area contributed by atoms with E-state index in [4.69, 9.17) is 4.98 Å². The number of para-hydroxylation sites is 1. The summed E-state index contributed by atoms with van der Waals surface area (Å²) in [7, 11) is 0. The number of benzene rings is 2. The van der Waals surface area contributed by atoms with Crippen molar-refractivity contribution in [3.8, 4) is 0 Å². The van der Waals surface area contributed by atoms with Crippen molar-refractivity contribution in [2.24, 2.45) is 0 Å². The second-order valence-electron chi connectivity index (χ2n) is 6.31. The molecule has 1 aliphatic rings. The van der Waals surface area contributed by atoms with E-state index in [1.807, 2.05) is 18.2 Å². The highest BCUT2D eigenvalue weighted by Crippen LogP contribution is 2.44. The molecule has 3 heteroatoms. The maximum Gasteiger partial charge on any atom is 0.141 e. The summed E-state index contributed by atoms with van der Waals surface area (Å²) in [4.78, 5) is 4.73. The van der Waals surface area contributed by atoms with Gasteiger partial charge in [-0.1, -0.05) is 29.8 Å². The number of hydrogen-bond acceptors (Lipinski definition) is 3. The van der Waals surface area contributed by atoms with Gasteiger partial charge < -0.3 is 5.11 Å². The number of rotatable bonds is 1. The Morgan fingerprint density at radius 3 is 2.82 bits per heavy atom. The highest BCUT2D eigenvalue weighted by atomic mass is 32.1. The van der Waals surface area contributed by atoms with Gasteiger partial charge in [-0.3, -0.25) is 0 Å². The van der Waals surface area contributed by atoms with Crippen molar-refractivity contribution >= 4 is 21.6 Å². The summed E-state index contributed by atoms with van der Waals surface area (Å²) in [6.45, 7) is 4.25. The Labute approximate surface area is 134 Å². The monoisotopic (exact) mass is 309 g/mol. The van der Waals surface area contributed by atoms with Crippen molar-refractivity contribution < 1.29 is 5.11 Å². The number of aryl methyl sites for hydroxylation is 2. The van der Waals surface area contributed by atoms with Crippen LogP contribution in [0.15, 0.2) is 36.4 Å². The van der Waals surface area contributed by atoms with E-state index in [0.717, 1.165) is 40.1 Å². The second-order valence-corrected chi connectivity index (χ2v) is 7.34. The number of thiazole rings is 1. The fourth-order valence-electron chi connectivity index (χ4n) is 3.63. The number of hydrogen-bond donors (Lipinski definition) is 1. The van der Waals surface area contributed by atoms with Crippen LogP contribution in [0.1, 0.15) is 40.1 Å². The van der Waals surface area contributed by atoms with E-state index in [-0.39, 0.29) is 0 Å². The van der Waals surface area contributed by atoms with E-state index in [0.29, 0.717) is 0 Å². The summed E-state index contributed by atoms with van der Waals surface area (Å²) in [6.07, 6.45) is 2.81. The van der Waals surface area contributed by atoms with E-state index in [1.54, 1.807) is 11.3 Å². The Kier molecular flexibility index (Phi) is 3.10. The van der Waals surface area contributed by atoms with Crippen LogP contribution in [0.4, 0.5) is 0 Å². The summed E-state index contributed by atoms with van der Waals surface area (Å²) in [5, 5.41) is 12.3. The van der Waals surface area contributed by atoms with Gasteiger partial charge in [-0.2, -0.15) is 0 Å². The zero-order chi connectivity index (χ0) is 15.3. The largest absolute Gasteiger partial charge is 0.378 e. The normalized spacial score (nSPS) is 21.0. The van der Waals surface area contributed by atoms with Gasteiger partial charge in [0.05, 0.1) is 10.2 Å². The highest BCUT2D eigenvalue weighted by Gasteiger charge is 2.39. The van der Waals surface area contributed by atoms with Gasteiger partial charge in [-0.25, -0.2) is 4.98 Å². The number of aromatic nitrogens is 1. The van der Waals surface area contributed by atoms with E-state index in [1.165, 1.54) is 16.7 Å². The van der Waals surface area contributed by atoms with Crippen molar-refractivity contribution in [3.63, 3.8) is 0 Å². The average Bonchev–Trinajstić information content (AvgIpc) is 2.93. The van der Waals surface area contributed by atoms with Gasteiger partial charge in [0.2, 0.25) is 0 Å². The molecule has 2 aromatic carbocycles. The molecule has 22 heavy (non-hydrogen) atoms. The number of nitrogens with zero attached hydrogens (tertiary/aromatic N) is 1. The van der Waals surface area contributed by atoms with E-state index in [2.05, 4.69) is 32.0 Å². The van der Waals surface area contributed by atoms with E-state index < -0.39 is 5.60 Å². The Balaban J connectivity index is 1.95. The Bertz CT molecular complexity index is 834. The zero-order valence-corrected chi connectivity index (χ0v) is 13.7. The number of aliphatic hydroxyl groups is 1. The minimum atomic E-state index is -0.936. The molecule has 1 aliphatic carbocycles. The van der Waals surface area contributed by atoms with Gasteiger partial charge in [-0.05, 0) is 61.9 Å². The van der Waals surface area contributed by atoms with Crippen molar-refractivity contribution in [1.82, 2.24) is 4.98 Å². The molecule has 0 saturated heterocycles. The molecule has 2 nitrogen and oxygen atoms in total. The second kappa shape index (κ2) is 4.90. The summed E-state index contributed by atoms with van der Waals surface area (Å²) < 4.78 is 1.14. The SMILES string of the molecule is Cc1cc(C)c2c(c1)C(O)(c1nc3ccccc3s1)CCC2. The fourth-order valence-corrected chi connectivity index (χ4v) is 4.72. The molecule has 1 unspecified atom stereocenters. The molecule has 1 N–H and O–H groups in total. The van der Waals surface area contributed by atoms with Gasteiger partial charge in [-0.15, -0.1) is 11.3 Å². The smallest absolute Gasteiger partial charge is 0.141 e. The van der Waals surface area contributed by atoms with Gasteiger partial charge in [0.25, 0.3) is 0 Å². The topological polar surface area (TPSA) is 33.1 Å². The maximum atomic E-state index is 11.5. The molecular weight excluding hydrogens is 290 g/mol. The molecule has 0 amide bonds. The third kappa shape index (κ3) is 2.00. The molecule has 3 aromatic rings. The first kappa shape index (κ1) is 13.9. The molecule has 0 saturated carbocycles. The van der Waals surface area contributed by atoms with Crippen molar-refractivity contribution in [2.45, 2.75) is 38.7 Å². The molecule has 0 fully saturated rings. The lowest BCUT2D eigenvalue weighted by Crippen LogP contribution is -2.32. The molecule has 0 radical (unpaired) electrons. The van der Waals surface area contributed by atoms with Gasteiger partial charge in [0, 0.05) is 0 Å². The van der Waals surface area contributed by atoms with Crippen LogP contribution in [0.5, 0.6) is 0 Å². The van der Waals surface area contributed by atoms with Crippen LogP contribution < -0.4 is 0 Å². The molecule has 4 rings (SSSR count). The molecule has 112 valence electrons. The minimum absolute atomic E-state index is 0.753. The standard InChI is InChI=1S/C19H19NOS/c1-12-10-13(2)14-6-5-9-19(21,15(14)11-12)18-20-16-7-3-4-8-17(16)22-18/h3-4,7-8,10-11,21H,5-6,9H2,1-2H3. The molecule has 0 bridgehead atoms. The van der Waals surface area contributed by atoms with Crippen molar-refractivity contribution in [2.75, 3.05) is 0 Å². The van der Waals surface area contributed by atoms with Crippen LogP contribution in [0.2, 0.25) is 0 Å². The Morgan fingerprint density at radius 1 is 1.18 bits per heavy atom. The number of fused-ring (bicyclic) bond motifs is 2. The molecule has 1 heterocycles. The van der Waals surface area contributed by atoms with Crippen LogP contribution in [0, 0.1) is 13.8 Å². The van der Waals surface area contributed by atoms with Crippen LogP contribution in [-0.4, -0.2) is 10.1 Å². The molecular formula is C19H19NOS. The third-order valence-electron chi connectivity index (χ3n) is 4.68. The van der Waals surface area contributed by atoms with Crippen molar-refractivity contribution in [3.05, 3.63) is 63.7 Å². The first-order chi connectivity index (χ1) is 10.6. The van der Waals surface area contributed by atoms with Gasteiger partial charge >= 0.3 is 0 Å². The summed E-state index contributed by atoms with van der Waals surface area (Å²) in [5.74, 6) is 0. The average molecular weight is 309 g/mol. The van der Waals surface area contributed by atoms with Crippen LogP contribution in [0.3, 0.4) is 0 Å². The van der Waals surface area contributed by atoms with Crippen LogP contribution >= 0.6 is 11.3 Å². The molecule has 1 aromatic heterocycles. The Morgan fingerprint density at radius 2 is 2.00 bits per heavy atom. The summed E-state index contributed by atoms with van der Waals surface area (Å²) in [6, 6.07) is 12.5. The fraction of sp³-hybridized carbons (Fsp3) is 0.316. The van der Waals surface area contributed by atoms with E-state index >= 15 is 0 Å². The van der Waals surface area contributed by atoms with Gasteiger partial charge in [0.1, 0.15) is 10.6 Å². The third-order valence-corrected chi connectivity index (χ3v) is 5.86. The van der Waals surface area contributed by atoms with Crippen molar-refractivity contribution in [1.29, 1.82) is 0 Å². The maximum absolute atomic E-state index is 11.5. The lowest BCUT2D eigenvalue weighted by molar-refractivity contribution is 0.0613. The first-order valence-electron chi connectivity index (χ1n) is 7.77. The molecule has 0 aliphatic heterocycles. The summed E-state index contributed by atoms with van der Waals surface area (Å²) >= 11 is 1.62. The quantitative estimate of drug-likeness (QED) is 0.718. The molecule has 0 spiro atoms. The molecule has 1 atom stereocenters. The van der Waals surface area contributed by atoms with Gasteiger partial charge in [0.15, 0.2) is 0 Å². The van der Waals surface area contributed by atoms with Crippen LogP contribution in [-0.2, 0) is 12.0 Å².